The van der Waals surface area contributed by atoms with E-state index < -0.39 is 10.0 Å². The van der Waals surface area contributed by atoms with Gasteiger partial charge in [0.15, 0.2) is 0 Å². The minimum Gasteiger partial charge on any atom is -0.329 e. The number of rotatable bonds is 3. The highest BCUT2D eigenvalue weighted by molar-refractivity contribution is 7.89. The van der Waals surface area contributed by atoms with Gasteiger partial charge in [0.05, 0.1) is 5.52 Å². The molecule has 0 bridgehead atoms. The van der Waals surface area contributed by atoms with Crippen molar-refractivity contribution < 1.29 is 8.42 Å². The Morgan fingerprint density at radius 3 is 2.81 bits per heavy atom. The van der Waals surface area contributed by atoms with Crippen LogP contribution in [0.15, 0.2) is 41.4 Å². The fourth-order valence-corrected chi connectivity index (χ4v) is 4.64. The second kappa shape index (κ2) is 6.27. The summed E-state index contributed by atoms with van der Waals surface area (Å²) in [5, 5.41) is 0.831. The van der Waals surface area contributed by atoms with Gasteiger partial charge >= 0.3 is 0 Å². The van der Waals surface area contributed by atoms with Gasteiger partial charge in [-0.25, -0.2) is 8.42 Å². The molecule has 2 N–H and O–H groups in total. The molecule has 21 heavy (non-hydrogen) atoms. The predicted molar refractivity (Wildman–Crippen MR) is 85.0 cm³/mol. The minimum atomic E-state index is -3.54. The van der Waals surface area contributed by atoms with Crippen LogP contribution >= 0.6 is 12.4 Å². The Hall–Kier alpha value is -1.21. The maximum atomic E-state index is 12.8. The average molecular weight is 328 g/mol. The molecule has 1 unspecified atom stereocenters. The fraction of sp³-hybridized carbons (Fsp3) is 0.357. The van der Waals surface area contributed by atoms with Crippen molar-refractivity contribution in [1.82, 2.24) is 9.29 Å². The molecule has 0 saturated carbocycles. The molecule has 3 rings (SSSR count). The van der Waals surface area contributed by atoms with Crippen LogP contribution in [0.25, 0.3) is 10.9 Å². The summed E-state index contributed by atoms with van der Waals surface area (Å²) in [6, 6.07) is 8.81. The number of aromatic nitrogens is 1. The second-order valence-corrected chi connectivity index (χ2v) is 6.84. The molecule has 114 valence electrons. The molecular formula is C14H18ClN3O2S. The van der Waals surface area contributed by atoms with Crippen LogP contribution in [0.4, 0.5) is 0 Å². The standard InChI is InChI=1S/C14H17N3O2S.ClH/c15-10-12-6-3-9-17(12)20(18,19)13-7-1-4-11-5-2-8-16-14(11)13;/h1-2,4-5,7-8,12H,3,6,9-10,15H2;1H. The zero-order valence-corrected chi connectivity index (χ0v) is 13.1. The molecule has 0 spiro atoms. The van der Waals surface area contributed by atoms with E-state index >= 15 is 0 Å². The molecule has 0 radical (unpaired) electrons. The second-order valence-electron chi connectivity index (χ2n) is 4.98. The number of para-hydroxylation sites is 1. The molecule has 1 fully saturated rings. The first-order valence-electron chi connectivity index (χ1n) is 6.70. The van der Waals surface area contributed by atoms with Gasteiger partial charge < -0.3 is 5.73 Å². The number of halogens is 1. The summed E-state index contributed by atoms with van der Waals surface area (Å²) >= 11 is 0. The molecule has 1 aliphatic rings. The molecular weight excluding hydrogens is 310 g/mol. The normalized spacial score (nSPS) is 19.6. The van der Waals surface area contributed by atoms with Gasteiger partial charge in [-0.3, -0.25) is 4.98 Å². The number of fused-ring (bicyclic) bond motifs is 1. The third-order valence-corrected chi connectivity index (χ3v) is 5.76. The summed E-state index contributed by atoms with van der Waals surface area (Å²) in [6.07, 6.45) is 3.30. The van der Waals surface area contributed by atoms with Gasteiger partial charge in [-0.1, -0.05) is 18.2 Å². The predicted octanol–water partition coefficient (Wildman–Crippen LogP) is 1.77. The highest BCUT2D eigenvalue weighted by Crippen LogP contribution is 2.29. The van der Waals surface area contributed by atoms with Gasteiger partial charge in [0, 0.05) is 30.7 Å². The van der Waals surface area contributed by atoms with Crippen molar-refractivity contribution in [3.8, 4) is 0 Å². The molecule has 7 heteroatoms. The van der Waals surface area contributed by atoms with E-state index in [1.165, 1.54) is 4.31 Å². The Balaban J connectivity index is 0.00000161. The van der Waals surface area contributed by atoms with Crippen LogP contribution in [0, 0.1) is 0 Å². The molecule has 2 heterocycles. The number of benzene rings is 1. The third kappa shape index (κ3) is 2.76. The zero-order valence-electron chi connectivity index (χ0n) is 11.5. The van der Waals surface area contributed by atoms with E-state index in [-0.39, 0.29) is 23.3 Å². The summed E-state index contributed by atoms with van der Waals surface area (Å²) in [7, 11) is -3.54. The van der Waals surface area contributed by atoms with E-state index in [0.29, 0.717) is 18.6 Å². The molecule has 1 saturated heterocycles. The van der Waals surface area contributed by atoms with E-state index in [4.69, 9.17) is 5.73 Å². The molecule has 1 aromatic heterocycles. The van der Waals surface area contributed by atoms with Crippen molar-refractivity contribution in [3.05, 3.63) is 36.5 Å². The molecule has 0 aliphatic carbocycles. The molecule has 0 amide bonds. The lowest BCUT2D eigenvalue weighted by atomic mass is 10.2. The number of nitrogens with two attached hydrogens (primary N) is 1. The Morgan fingerprint density at radius 1 is 1.29 bits per heavy atom. The van der Waals surface area contributed by atoms with Gasteiger partial charge in [0.2, 0.25) is 10.0 Å². The number of hydrogen-bond acceptors (Lipinski definition) is 4. The van der Waals surface area contributed by atoms with E-state index in [1.807, 2.05) is 12.1 Å². The van der Waals surface area contributed by atoms with E-state index in [9.17, 15) is 8.42 Å². The van der Waals surface area contributed by atoms with Crippen molar-refractivity contribution >= 4 is 33.3 Å². The van der Waals surface area contributed by atoms with Gasteiger partial charge in [-0.05, 0) is 25.0 Å². The number of hydrogen-bond donors (Lipinski definition) is 1. The Bertz CT molecular complexity index is 731. The highest BCUT2D eigenvalue weighted by Gasteiger charge is 2.35. The quantitative estimate of drug-likeness (QED) is 0.932. The van der Waals surface area contributed by atoms with Gasteiger partial charge in [0.25, 0.3) is 0 Å². The average Bonchev–Trinajstić information content (AvgIpc) is 2.96. The van der Waals surface area contributed by atoms with E-state index in [0.717, 1.165) is 18.2 Å². The lowest BCUT2D eigenvalue weighted by Crippen LogP contribution is -2.39. The summed E-state index contributed by atoms with van der Waals surface area (Å²) in [6.45, 7) is 0.894. The first kappa shape index (κ1) is 16.2. The largest absolute Gasteiger partial charge is 0.329 e. The van der Waals surface area contributed by atoms with Crippen molar-refractivity contribution in [2.45, 2.75) is 23.8 Å². The van der Waals surface area contributed by atoms with Crippen molar-refractivity contribution in [2.24, 2.45) is 5.73 Å². The number of sulfonamides is 1. The minimum absolute atomic E-state index is 0. The first-order chi connectivity index (χ1) is 9.64. The van der Waals surface area contributed by atoms with Gasteiger partial charge in [-0.2, -0.15) is 4.31 Å². The smallest absolute Gasteiger partial charge is 0.245 e. The summed E-state index contributed by atoms with van der Waals surface area (Å²) in [5.74, 6) is 0. The maximum absolute atomic E-state index is 12.8. The van der Waals surface area contributed by atoms with Crippen LogP contribution < -0.4 is 5.73 Å². The topological polar surface area (TPSA) is 76.3 Å². The van der Waals surface area contributed by atoms with Crippen LogP contribution in [-0.4, -0.2) is 36.8 Å². The Kier molecular flexibility index (Phi) is 4.83. The first-order valence-corrected chi connectivity index (χ1v) is 8.14. The summed E-state index contributed by atoms with van der Waals surface area (Å²) < 4.78 is 27.2. The van der Waals surface area contributed by atoms with Crippen LogP contribution in [0.1, 0.15) is 12.8 Å². The van der Waals surface area contributed by atoms with Crippen molar-refractivity contribution in [1.29, 1.82) is 0 Å². The lowest BCUT2D eigenvalue weighted by molar-refractivity contribution is 0.393. The number of pyridine rings is 1. The fourth-order valence-electron chi connectivity index (χ4n) is 2.77. The van der Waals surface area contributed by atoms with Crippen LogP contribution in [0.3, 0.4) is 0 Å². The van der Waals surface area contributed by atoms with Crippen LogP contribution in [0.2, 0.25) is 0 Å². The maximum Gasteiger partial charge on any atom is 0.245 e. The highest BCUT2D eigenvalue weighted by atomic mass is 35.5. The molecule has 2 aromatic rings. The third-order valence-electron chi connectivity index (χ3n) is 3.78. The molecule has 1 atom stereocenters. The Morgan fingerprint density at radius 2 is 2.05 bits per heavy atom. The van der Waals surface area contributed by atoms with E-state index in [2.05, 4.69) is 4.98 Å². The van der Waals surface area contributed by atoms with Gasteiger partial charge in [-0.15, -0.1) is 12.4 Å². The lowest BCUT2D eigenvalue weighted by Gasteiger charge is -2.23. The van der Waals surface area contributed by atoms with Crippen LogP contribution in [-0.2, 0) is 10.0 Å². The summed E-state index contributed by atoms with van der Waals surface area (Å²) in [5.41, 5.74) is 6.22. The van der Waals surface area contributed by atoms with Crippen molar-refractivity contribution in [2.75, 3.05) is 13.1 Å². The molecule has 5 nitrogen and oxygen atoms in total. The zero-order chi connectivity index (χ0) is 14.2. The molecule has 1 aromatic carbocycles. The van der Waals surface area contributed by atoms with Crippen LogP contribution in [0.5, 0.6) is 0 Å². The SMILES string of the molecule is Cl.NCC1CCCN1S(=O)(=O)c1cccc2cccnc12. The van der Waals surface area contributed by atoms with Gasteiger partial charge in [0.1, 0.15) is 4.90 Å². The van der Waals surface area contributed by atoms with E-state index in [1.54, 1.807) is 24.4 Å². The molecule has 1 aliphatic heterocycles. The monoisotopic (exact) mass is 327 g/mol. The van der Waals surface area contributed by atoms with Crippen molar-refractivity contribution in [3.63, 3.8) is 0 Å². The summed E-state index contributed by atoms with van der Waals surface area (Å²) in [4.78, 5) is 4.51. The number of nitrogens with zero attached hydrogens (tertiary/aromatic N) is 2. The Labute approximate surface area is 130 Å².